The summed E-state index contributed by atoms with van der Waals surface area (Å²) < 4.78 is 10.8. The lowest BCUT2D eigenvalue weighted by atomic mass is 9.95. The summed E-state index contributed by atoms with van der Waals surface area (Å²) in [6.45, 7) is 8.12. The van der Waals surface area contributed by atoms with Crippen molar-refractivity contribution >= 4 is 11.6 Å². The lowest BCUT2D eigenvalue weighted by Gasteiger charge is -2.26. The van der Waals surface area contributed by atoms with Crippen molar-refractivity contribution in [3.05, 3.63) is 76.0 Å². The van der Waals surface area contributed by atoms with E-state index in [0.717, 1.165) is 18.7 Å². The molecule has 1 amide bonds. The summed E-state index contributed by atoms with van der Waals surface area (Å²) in [4.78, 5) is 31.6. The van der Waals surface area contributed by atoms with Crippen molar-refractivity contribution in [1.82, 2.24) is 15.2 Å². The second-order valence-electron chi connectivity index (χ2n) is 8.46. The van der Waals surface area contributed by atoms with Crippen LogP contribution in [0.5, 0.6) is 5.75 Å². The van der Waals surface area contributed by atoms with Crippen LogP contribution in [0, 0.1) is 17.0 Å². The van der Waals surface area contributed by atoms with E-state index in [-0.39, 0.29) is 17.3 Å². The van der Waals surface area contributed by atoms with E-state index < -0.39 is 4.92 Å². The molecule has 3 aromatic rings. The normalized spacial score (nSPS) is 13.8. The fourth-order valence-corrected chi connectivity index (χ4v) is 4.29. The Morgan fingerprint density at radius 3 is 2.58 bits per heavy atom. The smallest absolute Gasteiger partial charge is 0.311 e. The third-order valence-corrected chi connectivity index (χ3v) is 6.08. The number of hydrogen-bond acceptors (Lipinski definition) is 7. The average molecular weight is 491 g/mol. The highest BCUT2D eigenvalue weighted by molar-refractivity contribution is 6.02. The average Bonchev–Trinajstić information content (AvgIpc) is 2.89. The number of nitrogens with zero attached hydrogens (tertiary/aromatic N) is 3. The van der Waals surface area contributed by atoms with Crippen LogP contribution >= 0.6 is 0 Å². The fourth-order valence-electron chi connectivity index (χ4n) is 4.29. The molecule has 1 aliphatic rings. The van der Waals surface area contributed by atoms with Crippen molar-refractivity contribution in [1.29, 1.82) is 0 Å². The molecule has 2 heterocycles. The SMILES string of the molecule is CCOc1ccc(-c2cc(-c3ccccc3)nc(C)c2C(=O)NCCN2CCOCC2)cc1[N+](=O)[O-]. The molecule has 1 saturated heterocycles. The van der Waals surface area contributed by atoms with Gasteiger partial charge in [0.25, 0.3) is 5.91 Å². The van der Waals surface area contributed by atoms with E-state index >= 15 is 0 Å². The standard InChI is InChI=1S/C27H30N4O5/c1-3-36-25-10-9-21(17-24(25)31(33)34)22-18-23(20-7-5-4-6-8-20)29-19(2)26(22)27(32)28-11-12-30-13-15-35-16-14-30/h4-10,17-18H,3,11-16H2,1-2H3,(H,28,32). The number of aryl methyl sites for hydroxylation is 1. The van der Waals surface area contributed by atoms with Gasteiger partial charge in [0.05, 0.1) is 41.7 Å². The summed E-state index contributed by atoms with van der Waals surface area (Å²) in [5.41, 5.74) is 3.50. The Kier molecular flexibility index (Phi) is 8.24. The minimum Gasteiger partial charge on any atom is -0.487 e. The van der Waals surface area contributed by atoms with Crippen molar-refractivity contribution in [3.8, 4) is 28.1 Å². The highest BCUT2D eigenvalue weighted by atomic mass is 16.6. The maximum absolute atomic E-state index is 13.4. The molecule has 188 valence electrons. The first kappa shape index (κ1) is 25.3. The summed E-state index contributed by atoms with van der Waals surface area (Å²) in [7, 11) is 0. The highest BCUT2D eigenvalue weighted by Gasteiger charge is 2.23. The number of nitro benzene ring substituents is 1. The first-order valence-electron chi connectivity index (χ1n) is 12.0. The van der Waals surface area contributed by atoms with E-state index in [1.165, 1.54) is 6.07 Å². The van der Waals surface area contributed by atoms with Crippen LogP contribution in [-0.2, 0) is 4.74 Å². The molecule has 1 fully saturated rings. The van der Waals surface area contributed by atoms with Crippen LogP contribution in [0.2, 0.25) is 0 Å². The minimum absolute atomic E-state index is 0.149. The van der Waals surface area contributed by atoms with Gasteiger partial charge in [-0.15, -0.1) is 0 Å². The topological polar surface area (TPSA) is 107 Å². The molecule has 0 saturated carbocycles. The molecule has 0 spiro atoms. The number of morpholine rings is 1. The summed E-state index contributed by atoms with van der Waals surface area (Å²) in [5.74, 6) is -0.0729. The molecule has 1 N–H and O–H groups in total. The van der Waals surface area contributed by atoms with E-state index in [1.54, 1.807) is 26.0 Å². The number of amides is 1. The molecule has 0 radical (unpaired) electrons. The van der Waals surface area contributed by atoms with Crippen LogP contribution < -0.4 is 10.1 Å². The van der Waals surface area contributed by atoms with Gasteiger partial charge >= 0.3 is 5.69 Å². The van der Waals surface area contributed by atoms with Gasteiger partial charge in [-0.1, -0.05) is 36.4 Å². The van der Waals surface area contributed by atoms with Gasteiger partial charge < -0.3 is 14.8 Å². The second-order valence-corrected chi connectivity index (χ2v) is 8.46. The van der Waals surface area contributed by atoms with Crippen LogP contribution in [-0.4, -0.2) is 66.7 Å². The molecule has 0 bridgehead atoms. The van der Waals surface area contributed by atoms with Crippen LogP contribution in [0.1, 0.15) is 23.0 Å². The van der Waals surface area contributed by atoms with Crippen molar-refractivity contribution in [2.75, 3.05) is 46.0 Å². The zero-order valence-corrected chi connectivity index (χ0v) is 20.5. The van der Waals surface area contributed by atoms with E-state index in [0.29, 0.717) is 61.0 Å². The van der Waals surface area contributed by atoms with Crippen LogP contribution in [0.25, 0.3) is 22.4 Å². The Hall–Kier alpha value is -3.82. The van der Waals surface area contributed by atoms with Gasteiger partial charge in [0.15, 0.2) is 5.75 Å². The molecule has 1 aliphatic heterocycles. The highest BCUT2D eigenvalue weighted by Crippen LogP contribution is 2.36. The quantitative estimate of drug-likeness (QED) is 0.356. The molecule has 0 atom stereocenters. The summed E-state index contributed by atoms with van der Waals surface area (Å²) in [5, 5.41) is 14.8. The van der Waals surface area contributed by atoms with Crippen molar-refractivity contribution in [2.24, 2.45) is 0 Å². The molecule has 0 aliphatic carbocycles. The maximum Gasteiger partial charge on any atom is 0.311 e. The van der Waals surface area contributed by atoms with Gasteiger partial charge in [-0.2, -0.15) is 0 Å². The lowest BCUT2D eigenvalue weighted by molar-refractivity contribution is -0.385. The van der Waals surface area contributed by atoms with Gasteiger partial charge in [-0.05, 0) is 37.1 Å². The summed E-state index contributed by atoms with van der Waals surface area (Å²) in [6.07, 6.45) is 0. The predicted molar refractivity (Wildman–Crippen MR) is 137 cm³/mol. The number of carbonyl (C=O) groups excluding carboxylic acids is 1. The molecule has 4 rings (SSSR count). The molecule has 9 heteroatoms. The molecule has 0 unspecified atom stereocenters. The van der Waals surface area contributed by atoms with Crippen molar-refractivity contribution in [3.63, 3.8) is 0 Å². The van der Waals surface area contributed by atoms with Crippen LogP contribution in [0.4, 0.5) is 5.69 Å². The maximum atomic E-state index is 13.4. The molecule has 1 aromatic heterocycles. The molecule has 36 heavy (non-hydrogen) atoms. The molecular weight excluding hydrogens is 460 g/mol. The number of rotatable bonds is 9. The monoisotopic (exact) mass is 490 g/mol. The Balaban J connectivity index is 1.72. The van der Waals surface area contributed by atoms with E-state index in [4.69, 9.17) is 14.5 Å². The summed E-state index contributed by atoms with van der Waals surface area (Å²) in [6, 6.07) is 16.2. The Labute approximate surface area is 210 Å². The van der Waals surface area contributed by atoms with Gasteiger partial charge in [0.1, 0.15) is 0 Å². The van der Waals surface area contributed by atoms with Crippen LogP contribution in [0.3, 0.4) is 0 Å². The van der Waals surface area contributed by atoms with Gasteiger partial charge in [-0.25, -0.2) is 0 Å². The van der Waals surface area contributed by atoms with Gasteiger partial charge in [0, 0.05) is 37.8 Å². The van der Waals surface area contributed by atoms with Crippen molar-refractivity contribution in [2.45, 2.75) is 13.8 Å². The Morgan fingerprint density at radius 1 is 1.14 bits per heavy atom. The predicted octanol–water partition coefficient (Wildman–Crippen LogP) is 4.09. The number of pyridine rings is 1. The van der Waals surface area contributed by atoms with E-state index in [2.05, 4.69) is 10.2 Å². The zero-order valence-electron chi connectivity index (χ0n) is 20.5. The third kappa shape index (κ3) is 5.87. The molecular formula is C27H30N4O5. The number of nitrogens with one attached hydrogen (secondary N) is 1. The van der Waals surface area contributed by atoms with Crippen LogP contribution in [0.15, 0.2) is 54.6 Å². The van der Waals surface area contributed by atoms with Gasteiger partial charge in [-0.3, -0.25) is 24.8 Å². The first-order chi connectivity index (χ1) is 17.5. The molecule has 9 nitrogen and oxygen atoms in total. The second kappa shape index (κ2) is 11.7. The minimum atomic E-state index is -0.470. The zero-order chi connectivity index (χ0) is 25.5. The largest absolute Gasteiger partial charge is 0.487 e. The Morgan fingerprint density at radius 2 is 1.89 bits per heavy atom. The fraction of sp³-hybridized carbons (Fsp3) is 0.333. The number of hydrogen-bond donors (Lipinski definition) is 1. The number of aromatic nitrogens is 1. The van der Waals surface area contributed by atoms with E-state index in [9.17, 15) is 14.9 Å². The lowest BCUT2D eigenvalue weighted by Crippen LogP contribution is -2.41. The molecule has 2 aromatic carbocycles. The van der Waals surface area contributed by atoms with Crippen molar-refractivity contribution < 1.29 is 19.2 Å². The Bertz CT molecular complexity index is 1230. The number of carbonyl (C=O) groups is 1. The van der Waals surface area contributed by atoms with Gasteiger partial charge in [0.2, 0.25) is 0 Å². The number of benzene rings is 2. The third-order valence-electron chi connectivity index (χ3n) is 6.08. The summed E-state index contributed by atoms with van der Waals surface area (Å²) >= 11 is 0. The number of nitro groups is 1. The van der Waals surface area contributed by atoms with E-state index in [1.807, 2.05) is 36.4 Å². The number of ether oxygens (including phenoxy) is 2. The first-order valence-corrected chi connectivity index (χ1v) is 12.0.